The zero-order valence-electron chi connectivity index (χ0n) is 18.0. The number of unbranched alkanes of at least 4 members (excludes halogenated alkanes) is 2. The lowest BCUT2D eigenvalue weighted by atomic mass is 9.91. The highest BCUT2D eigenvalue weighted by Gasteiger charge is 2.26. The molecular weight excluding hydrogens is 388 g/mol. The van der Waals surface area contributed by atoms with E-state index in [1.165, 1.54) is 6.08 Å². The molecule has 0 aliphatic carbocycles. The maximum atomic E-state index is 11.8. The van der Waals surface area contributed by atoms with Gasteiger partial charge in [0.15, 0.2) is 0 Å². The number of carbonyl (C=O) groups excluding carboxylic acids is 2. The highest BCUT2D eigenvalue weighted by molar-refractivity contribution is 5.87. The molecule has 0 atom stereocenters. The van der Waals surface area contributed by atoms with Crippen LogP contribution in [0, 0.1) is 5.41 Å². The lowest BCUT2D eigenvalue weighted by Crippen LogP contribution is -2.27. The number of esters is 2. The van der Waals surface area contributed by atoms with Gasteiger partial charge >= 0.3 is 17.9 Å². The number of aliphatic carboxylic acids is 1. The van der Waals surface area contributed by atoms with Gasteiger partial charge < -0.3 is 19.3 Å². The van der Waals surface area contributed by atoms with Crippen LogP contribution in [0.5, 0.6) is 5.75 Å². The van der Waals surface area contributed by atoms with Gasteiger partial charge in [-0.1, -0.05) is 19.1 Å². The number of carboxylic acids is 1. The molecule has 0 bridgehead atoms. The van der Waals surface area contributed by atoms with Crippen molar-refractivity contribution in [1.82, 2.24) is 0 Å². The first-order valence-corrected chi connectivity index (χ1v) is 10.2. The van der Waals surface area contributed by atoms with Crippen molar-refractivity contribution in [3.63, 3.8) is 0 Å². The Morgan fingerprint density at radius 3 is 2.27 bits per heavy atom. The maximum Gasteiger partial charge on any atom is 0.330 e. The lowest BCUT2D eigenvalue weighted by Gasteiger charge is -2.20. The molecule has 166 valence electrons. The third-order valence-corrected chi connectivity index (χ3v) is 4.59. The average Bonchev–Trinajstić information content (AvgIpc) is 2.72. The normalized spacial score (nSPS) is 11.3. The van der Waals surface area contributed by atoms with Gasteiger partial charge in [-0.05, 0) is 63.3 Å². The molecule has 1 rings (SSSR count). The molecule has 0 aliphatic heterocycles. The van der Waals surface area contributed by atoms with Gasteiger partial charge in [-0.15, -0.1) is 0 Å². The van der Waals surface area contributed by atoms with Gasteiger partial charge in [-0.3, -0.25) is 9.59 Å². The third-order valence-electron chi connectivity index (χ3n) is 4.59. The van der Waals surface area contributed by atoms with E-state index in [1.54, 1.807) is 18.2 Å². The van der Waals surface area contributed by atoms with Gasteiger partial charge in [0.05, 0.1) is 12.0 Å². The Kier molecular flexibility index (Phi) is 11.3. The van der Waals surface area contributed by atoms with Crippen LogP contribution in [-0.4, -0.2) is 42.8 Å². The molecule has 1 aromatic carbocycles. The molecule has 7 nitrogen and oxygen atoms in total. The summed E-state index contributed by atoms with van der Waals surface area (Å²) in [4.78, 5) is 34.0. The zero-order chi connectivity index (χ0) is 22.4. The van der Waals surface area contributed by atoms with Gasteiger partial charge in [-0.25, -0.2) is 4.79 Å². The average molecular weight is 421 g/mol. The van der Waals surface area contributed by atoms with E-state index in [9.17, 15) is 14.4 Å². The molecule has 0 heterocycles. The molecule has 1 aromatic rings. The van der Waals surface area contributed by atoms with Gasteiger partial charge in [-0.2, -0.15) is 0 Å². The van der Waals surface area contributed by atoms with E-state index in [0.717, 1.165) is 18.4 Å². The summed E-state index contributed by atoms with van der Waals surface area (Å²) < 4.78 is 15.7. The largest absolute Gasteiger partial charge is 0.494 e. The number of ether oxygens (including phenoxy) is 3. The molecule has 0 saturated carbocycles. The molecule has 0 unspecified atom stereocenters. The predicted molar refractivity (Wildman–Crippen MR) is 113 cm³/mol. The molecule has 30 heavy (non-hydrogen) atoms. The van der Waals surface area contributed by atoms with Gasteiger partial charge in [0.2, 0.25) is 0 Å². The Hall–Kier alpha value is -2.83. The Bertz CT molecular complexity index is 705. The molecule has 0 fully saturated rings. The molecule has 0 saturated heterocycles. The summed E-state index contributed by atoms with van der Waals surface area (Å²) in [5.74, 6) is -0.880. The van der Waals surface area contributed by atoms with Gasteiger partial charge in [0, 0.05) is 12.5 Å². The SMILES string of the molecule is CCC(C)(C)C(=O)OCCOC(=O)/C=C/c1ccc(OCCCCCC(=O)O)cc1. The van der Waals surface area contributed by atoms with Crippen molar-refractivity contribution in [1.29, 1.82) is 0 Å². The second kappa shape index (κ2) is 13.4. The number of hydrogen-bond donors (Lipinski definition) is 1. The number of carboxylic acid groups (broad SMARTS) is 1. The quantitative estimate of drug-likeness (QED) is 0.273. The zero-order valence-corrected chi connectivity index (χ0v) is 18.0. The van der Waals surface area contributed by atoms with Crippen LogP contribution in [0.1, 0.15) is 58.4 Å². The van der Waals surface area contributed by atoms with Crippen molar-refractivity contribution in [3.8, 4) is 5.75 Å². The third kappa shape index (κ3) is 10.6. The fourth-order valence-corrected chi connectivity index (χ4v) is 2.25. The lowest BCUT2D eigenvalue weighted by molar-refractivity contribution is -0.157. The summed E-state index contributed by atoms with van der Waals surface area (Å²) >= 11 is 0. The summed E-state index contributed by atoms with van der Waals surface area (Å²) in [6, 6.07) is 7.24. The van der Waals surface area contributed by atoms with E-state index >= 15 is 0 Å². The van der Waals surface area contributed by atoms with Crippen LogP contribution < -0.4 is 4.74 Å². The molecule has 7 heteroatoms. The predicted octanol–water partition coefficient (Wildman–Crippen LogP) is 4.25. The van der Waals surface area contributed by atoms with Crippen molar-refractivity contribution >= 4 is 24.0 Å². The summed E-state index contributed by atoms with van der Waals surface area (Å²) in [7, 11) is 0. The Morgan fingerprint density at radius 2 is 1.63 bits per heavy atom. The summed E-state index contributed by atoms with van der Waals surface area (Å²) in [6.45, 7) is 6.10. The molecule has 1 N–H and O–H groups in total. The smallest absolute Gasteiger partial charge is 0.330 e. The summed E-state index contributed by atoms with van der Waals surface area (Å²) in [5.41, 5.74) is 0.275. The van der Waals surface area contributed by atoms with E-state index in [0.29, 0.717) is 25.2 Å². The highest BCUT2D eigenvalue weighted by Crippen LogP contribution is 2.21. The first-order valence-electron chi connectivity index (χ1n) is 10.2. The monoisotopic (exact) mass is 420 g/mol. The molecule has 0 amide bonds. The second-order valence-electron chi connectivity index (χ2n) is 7.50. The van der Waals surface area contributed by atoms with Crippen molar-refractivity contribution in [2.24, 2.45) is 5.41 Å². The van der Waals surface area contributed by atoms with Gasteiger partial charge in [0.25, 0.3) is 0 Å². The number of carbonyl (C=O) groups is 3. The fourth-order valence-electron chi connectivity index (χ4n) is 2.25. The molecule has 0 spiro atoms. The second-order valence-corrected chi connectivity index (χ2v) is 7.50. The van der Waals surface area contributed by atoms with E-state index in [4.69, 9.17) is 19.3 Å². The minimum atomic E-state index is -0.775. The van der Waals surface area contributed by atoms with Crippen LogP contribution in [0.4, 0.5) is 0 Å². The highest BCUT2D eigenvalue weighted by atomic mass is 16.6. The standard InChI is InChI=1S/C23H32O7/c1-4-23(2,3)22(27)30-17-16-29-21(26)14-11-18-9-12-19(13-10-18)28-15-7-5-6-8-20(24)25/h9-14H,4-8,15-17H2,1-3H3,(H,24,25)/b14-11+. The van der Waals surface area contributed by atoms with Crippen molar-refractivity contribution < 1.29 is 33.7 Å². The van der Waals surface area contributed by atoms with Crippen LogP contribution in [0.3, 0.4) is 0 Å². The van der Waals surface area contributed by atoms with Crippen molar-refractivity contribution in [2.45, 2.75) is 52.9 Å². The Labute approximate surface area is 178 Å². The molecule has 0 radical (unpaired) electrons. The van der Waals surface area contributed by atoms with Crippen molar-refractivity contribution in [2.75, 3.05) is 19.8 Å². The van der Waals surface area contributed by atoms with E-state index < -0.39 is 17.4 Å². The van der Waals surface area contributed by atoms with Crippen molar-refractivity contribution in [3.05, 3.63) is 35.9 Å². The maximum absolute atomic E-state index is 11.8. The first-order chi connectivity index (χ1) is 14.2. The number of benzene rings is 1. The topological polar surface area (TPSA) is 99.1 Å². The minimum absolute atomic E-state index is 0.00789. The van der Waals surface area contributed by atoms with Crippen LogP contribution >= 0.6 is 0 Å². The molecule has 0 aliphatic rings. The van der Waals surface area contributed by atoms with Crippen LogP contribution in [0.2, 0.25) is 0 Å². The number of hydrogen-bond acceptors (Lipinski definition) is 6. The van der Waals surface area contributed by atoms with Crippen LogP contribution in [0.15, 0.2) is 30.3 Å². The fraction of sp³-hybridized carbons (Fsp3) is 0.522. The van der Waals surface area contributed by atoms with E-state index in [1.807, 2.05) is 32.9 Å². The Morgan fingerprint density at radius 1 is 0.967 bits per heavy atom. The van der Waals surface area contributed by atoms with E-state index in [2.05, 4.69) is 0 Å². The van der Waals surface area contributed by atoms with Gasteiger partial charge in [0.1, 0.15) is 19.0 Å². The van der Waals surface area contributed by atoms with E-state index in [-0.39, 0.29) is 25.6 Å². The minimum Gasteiger partial charge on any atom is -0.494 e. The summed E-state index contributed by atoms with van der Waals surface area (Å²) in [5, 5.41) is 8.58. The first kappa shape index (κ1) is 25.2. The van der Waals surface area contributed by atoms with Crippen LogP contribution in [0.25, 0.3) is 6.08 Å². The molecule has 0 aromatic heterocycles. The molecular formula is C23H32O7. The number of rotatable bonds is 14. The van der Waals surface area contributed by atoms with Crippen LogP contribution in [-0.2, 0) is 23.9 Å². The summed E-state index contributed by atoms with van der Waals surface area (Å²) in [6.07, 6.45) is 6.06. The Balaban J connectivity index is 2.25.